The molecule has 0 saturated heterocycles. The van der Waals surface area contributed by atoms with E-state index in [1.54, 1.807) is 18.0 Å². The van der Waals surface area contributed by atoms with Gasteiger partial charge in [0.2, 0.25) is 5.91 Å². The van der Waals surface area contributed by atoms with Gasteiger partial charge in [0.25, 0.3) is 0 Å². The van der Waals surface area contributed by atoms with Crippen LogP contribution < -0.4 is 10.1 Å². The molecule has 124 valence electrons. The summed E-state index contributed by atoms with van der Waals surface area (Å²) in [4.78, 5) is 12.2. The molecule has 0 atom stereocenters. The number of nitrogens with zero attached hydrogens (tertiary/aromatic N) is 4. The number of rotatable bonds is 5. The van der Waals surface area contributed by atoms with Gasteiger partial charge in [-0.25, -0.2) is 4.52 Å². The van der Waals surface area contributed by atoms with Crippen LogP contribution in [0, 0.1) is 13.8 Å². The summed E-state index contributed by atoms with van der Waals surface area (Å²) in [6.45, 7) is 3.92. The van der Waals surface area contributed by atoms with Crippen LogP contribution in [-0.4, -0.2) is 32.8 Å². The van der Waals surface area contributed by atoms with Crippen molar-refractivity contribution in [2.24, 2.45) is 0 Å². The summed E-state index contributed by atoms with van der Waals surface area (Å²) in [5.41, 5.74) is 4.42. The molecule has 0 fully saturated rings. The minimum absolute atomic E-state index is 0.0414. The first-order valence-corrected chi connectivity index (χ1v) is 7.68. The zero-order chi connectivity index (χ0) is 17.1. The van der Waals surface area contributed by atoms with E-state index in [1.165, 1.54) is 0 Å². The largest absolute Gasteiger partial charge is 0.497 e. The number of hydrogen-bond donors (Lipinski definition) is 1. The first-order chi connectivity index (χ1) is 11.6. The first kappa shape index (κ1) is 15.9. The number of methoxy groups -OCH3 is 1. The van der Waals surface area contributed by atoms with Gasteiger partial charge in [-0.1, -0.05) is 0 Å². The Morgan fingerprint density at radius 2 is 2.00 bits per heavy atom. The maximum absolute atomic E-state index is 12.2. The van der Waals surface area contributed by atoms with Gasteiger partial charge in [-0.3, -0.25) is 4.79 Å². The molecule has 3 rings (SSSR count). The first-order valence-electron chi connectivity index (χ1n) is 7.68. The Morgan fingerprint density at radius 3 is 2.71 bits per heavy atom. The highest BCUT2D eigenvalue weighted by atomic mass is 16.5. The molecule has 0 aliphatic carbocycles. The van der Waals surface area contributed by atoms with Gasteiger partial charge in [-0.15, -0.1) is 10.2 Å². The Hall–Kier alpha value is -2.96. The number of aromatic nitrogens is 4. The molecule has 0 unspecified atom stereocenters. The highest BCUT2D eigenvalue weighted by molar-refractivity contribution is 5.90. The molecule has 2 heterocycles. The molecule has 0 radical (unpaired) electrons. The van der Waals surface area contributed by atoms with Crippen LogP contribution in [0.4, 0.5) is 5.69 Å². The Morgan fingerprint density at radius 1 is 1.25 bits per heavy atom. The number of fused-ring (bicyclic) bond motifs is 1. The lowest BCUT2D eigenvalue weighted by atomic mass is 10.0. The maximum Gasteiger partial charge on any atom is 0.224 e. The number of hydrogen-bond acceptors (Lipinski definition) is 5. The molecule has 7 nitrogen and oxygen atoms in total. The molecule has 2 aromatic heterocycles. The number of amides is 1. The lowest BCUT2D eigenvalue weighted by molar-refractivity contribution is -0.116. The summed E-state index contributed by atoms with van der Waals surface area (Å²) in [6, 6.07) is 7.26. The molecular weight excluding hydrogens is 306 g/mol. The Labute approximate surface area is 139 Å². The van der Waals surface area contributed by atoms with Crippen LogP contribution in [0.1, 0.15) is 23.2 Å². The fourth-order valence-electron chi connectivity index (χ4n) is 2.68. The van der Waals surface area contributed by atoms with E-state index < -0.39 is 0 Å². The molecular formula is C17H19N5O2. The summed E-state index contributed by atoms with van der Waals surface area (Å²) in [5, 5.41) is 15.2. The minimum Gasteiger partial charge on any atom is -0.497 e. The third-order valence-electron chi connectivity index (χ3n) is 3.99. The van der Waals surface area contributed by atoms with E-state index >= 15 is 0 Å². The quantitative estimate of drug-likeness (QED) is 0.778. The minimum atomic E-state index is -0.0414. The molecule has 0 bridgehead atoms. The third kappa shape index (κ3) is 3.19. The van der Waals surface area contributed by atoms with E-state index in [1.807, 2.05) is 38.1 Å². The monoisotopic (exact) mass is 325 g/mol. The van der Waals surface area contributed by atoms with E-state index in [0.29, 0.717) is 12.8 Å². The van der Waals surface area contributed by atoms with Gasteiger partial charge in [0.15, 0.2) is 5.65 Å². The maximum atomic E-state index is 12.2. The van der Waals surface area contributed by atoms with Gasteiger partial charge >= 0.3 is 0 Å². The molecule has 1 N–H and O–H groups in total. The van der Waals surface area contributed by atoms with Crippen molar-refractivity contribution in [3.8, 4) is 5.75 Å². The van der Waals surface area contributed by atoms with Gasteiger partial charge < -0.3 is 10.1 Å². The van der Waals surface area contributed by atoms with E-state index in [4.69, 9.17) is 4.74 Å². The van der Waals surface area contributed by atoms with E-state index in [2.05, 4.69) is 20.6 Å². The number of nitrogens with one attached hydrogen (secondary N) is 1. The van der Waals surface area contributed by atoms with E-state index in [9.17, 15) is 4.79 Å². The number of benzene rings is 1. The topological polar surface area (TPSA) is 81.4 Å². The number of aryl methyl sites for hydroxylation is 2. The normalized spacial score (nSPS) is 10.8. The van der Waals surface area contributed by atoms with E-state index in [-0.39, 0.29) is 5.91 Å². The van der Waals surface area contributed by atoms with Crippen LogP contribution in [0.25, 0.3) is 5.65 Å². The average molecular weight is 325 g/mol. The van der Waals surface area contributed by atoms with Crippen LogP contribution >= 0.6 is 0 Å². The second-order valence-electron chi connectivity index (χ2n) is 5.56. The lowest BCUT2D eigenvalue weighted by Crippen LogP contribution is -2.14. The smallest absolute Gasteiger partial charge is 0.224 e. The molecule has 24 heavy (non-hydrogen) atoms. The third-order valence-corrected chi connectivity index (χ3v) is 3.99. The molecule has 0 aliphatic rings. The number of carbonyl (C=O) groups is 1. The predicted octanol–water partition coefficient (Wildman–Crippen LogP) is 2.32. The van der Waals surface area contributed by atoms with E-state index in [0.717, 1.165) is 33.9 Å². The molecule has 1 aromatic carbocycles. The van der Waals surface area contributed by atoms with Crippen LogP contribution in [0.5, 0.6) is 5.75 Å². The number of ether oxygens (including phenoxy) is 1. The van der Waals surface area contributed by atoms with Crippen molar-refractivity contribution in [1.82, 2.24) is 19.8 Å². The van der Waals surface area contributed by atoms with Crippen molar-refractivity contribution in [1.29, 1.82) is 0 Å². The SMILES string of the molecule is COc1ccc(NC(=O)CCc2c(C)nn3cnnc3c2C)cc1. The Balaban J connectivity index is 1.67. The van der Waals surface area contributed by atoms with Crippen molar-refractivity contribution < 1.29 is 9.53 Å². The standard InChI is InChI=1S/C17H19N5O2/c1-11-15(12(2)21-22-10-18-20-17(11)22)8-9-16(23)19-13-4-6-14(24-3)7-5-13/h4-7,10H,8-9H2,1-3H3,(H,19,23). The molecule has 1 amide bonds. The molecule has 0 aliphatic heterocycles. The Kier molecular flexibility index (Phi) is 4.41. The molecule has 0 saturated carbocycles. The lowest BCUT2D eigenvalue weighted by Gasteiger charge is -2.10. The van der Waals surface area contributed by atoms with Crippen molar-refractivity contribution >= 4 is 17.2 Å². The highest BCUT2D eigenvalue weighted by Crippen LogP contribution is 2.18. The zero-order valence-electron chi connectivity index (χ0n) is 13.9. The van der Waals surface area contributed by atoms with Gasteiger partial charge in [0, 0.05) is 17.7 Å². The summed E-state index contributed by atoms with van der Waals surface area (Å²) in [6.07, 6.45) is 2.56. The van der Waals surface area contributed by atoms with Crippen LogP contribution in [0.15, 0.2) is 30.6 Å². The highest BCUT2D eigenvalue weighted by Gasteiger charge is 2.13. The summed E-state index contributed by atoms with van der Waals surface area (Å²) in [5.74, 6) is 0.715. The van der Waals surface area contributed by atoms with Gasteiger partial charge in [-0.2, -0.15) is 5.10 Å². The summed E-state index contributed by atoms with van der Waals surface area (Å²) in [7, 11) is 1.61. The van der Waals surface area contributed by atoms with Crippen LogP contribution in [-0.2, 0) is 11.2 Å². The predicted molar refractivity (Wildman–Crippen MR) is 90.2 cm³/mol. The Bertz CT molecular complexity index is 871. The second-order valence-corrected chi connectivity index (χ2v) is 5.56. The van der Waals surface area contributed by atoms with Crippen molar-refractivity contribution in [3.05, 3.63) is 47.4 Å². The van der Waals surface area contributed by atoms with Crippen molar-refractivity contribution in [2.45, 2.75) is 26.7 Å². The second kappa shape index (κ2) is 6.66. The van der Waals surface area contributed by atoms with Crippen molar-refractivity contribution in [2.75, 3.05) is 12.4 Å². The molecule has 7 heteroatoms. The van der Waals surface area contributed by atoms with Gasteiger partial charge in [-0.05, 0) is 50.1 Å². The van der Waals surface area contributed by atoms with Crippen LogP contribution in [0.2, 0.25) is 0 Å². The van der Waals surface area contributed by atoms with Gasteiger partial charge in [0.05, 0.1) is 12.8 Å². The number of anilines is 1. The molecule has 3 aromatic rings. The zero-order valence-corrected chi connectivity index (χ0v) is 13.9. The van der Waals surface area contributed by atoms with Crippen molar-refractivity contribution in [3.63, 3.8) is 0 Å². The summed E-state index contributed by atoms with van der Waals surface area (Å²) >= 11 is 0. The fraction of sp³-hybridized carbons (Fsp3) is 0.294. The molecule has 0 spiro atoms. The summed E-state index contributed by atoms with van der Waals surface area (Å²) < 4.78 is 6.76. The van der Waals surface area contributed by atoms with Crippen LogP contribution in [0.3, 0.4) is 0 Å². The number of carbonyl (C=O) groups excluding carboxylic acids is 1. The van der Waals surface area contributed by atoms with Gasteiger partial charge in [0.1, 0.15) is 12.1 Å². The fourth-order valence-corrected chi connectivity index (χ4v) is 2.68. The average Bonchev–Trinajstić information content (AvgIpc) is 3.04.